The standard InChI is InChI=1S/C23H23FN4O2S/c1-15-20(12-16-4-7-18(8-5-16)31(2)30)19-9-6-17(24)13-22(19)21(15)14-23(29)26-10-3-11-27-28-25/h4-9,12-13H,3,10-11,14H2,1-2H3,(H,26,29). The molecule has 1 aliphatic carbocycles. The number of amides is 1. The van der Waals surface area contributed by atoms with Crippen LogP contribution in [0.5, 0.6) is 0 Å². The number of nitrogens with zero attached hydrogens (tertiary/aromatic N) is 3. The molecule has 2 aromatic rings. The van der Waals surface area contributed by atoms with Gasteiger partial charge in [0.05, 0.1) is 6.42 Å². The van der Waals surface area contributed by atoms with Crippen molar-refractivity contribution in [2.24, 2.45) is 5.11 Å². The van der Waals surface area contributed by atoms with Crippen molar-refractivity contribution in [3.8, 4) is 0 Å². The van der Waals surface area contributed by atoms with Crippen molar-refractivity contribution >= 4 is 33.9 Å². The Morgan fingerprint density at radius 3 is 2.65 bits per heavy atom. The van der Waals surface area contributed by atoms with Crippen LogP contribution in [0.3, 0.4) is 0 Å². The molecule has 0 spiro atoms. The second-order valence-electron chi connectivity index (χ2n) is 7.21. The van der Waals surface area contributed by atoms with Crippen LogP contribution >= 0.6 is 0 Å². The van der Waals surface area contributed by atoms with E-state index in [1.165, 1.54) is 12.1 Å². The van der Waals surface area contributed by atoms with Gasteiger partial charge in [-0.15, -0.1) is 0 Å². The minimum Gasteiger partial charge on any atom is -0.356 e. The monoisotopic (exact) mass is 438 g/mol. The van der Waals surface area contributed by atoms with Gasteiger partial charge in [-0.3, -0.25) is 9.00 Å². The molecule has 0 heterocycles. The van der Waals surface area contributed by atoms with Gasteiger partial charge >= 0.3 is 0 Å². The molecule has 6 nitrogen and oxygen atoms in total. The van der Waals surface area contributed by atoms with Gasteiger partial charge in [-0.25, -0.2) is 4.39 Å². The van der Waals surface area contributed by atoms with Gasteiger partial charge in [-0.2, -0.15) is 0 Å². The van der Waals surface area contributed by atoms with Crippen molar-refractivity contribution in [2.75, 3.05) is 19.3 Å². The molecule has 1 amide bonds. The third kappa shape index (κ3) is 5.48. The third-order valence-electron chi connectivity index (χ3n) is 5.13. The fraction of sp³-hybridized carbons (Fsp3) is 0.261. The smallest absolute Gasteiger partial charge is 0.224 e. The number of hydrogen-bond donors (Lipinski definition) is 1. The Balaban J connectivity index is 1.87. The molecule has 31 heavy (non-hydrogen) atoms. The van der Waals surface area contributed by atoms with Crippen LogP contribution in [0.4, 0.5) is 4.39 Å². The van der Waals surface area contributed by atoms with Gasteiger partial charge in [0, 0.05) is 40.0 Å². The molecule has 3 rings (SSSR count). The van der Waals surface area contributed by atoms with E-state index in [1.54, 1.807) is 12.3 Å². The number of allylic oxidation sites excluding steroid dienone is 2. The number of hydrogen-bond acceptors (Lipinski definition) is 3. The summed E-state index contributed by atoms with van der Waals surface area (Å²) in [4.78, 5) is 15.9. The number of benzene rings is 2. The minimum atomic E-state index is -1.04. The van der Waals surface area contributed by atoms with E-state index >= 15 is 0 Å². The molecule has 0 radical (unpaired) electrons. The van der Waals surface area contributed by atoms with Gasteiger partial charge in [0.25, 0.3) is 0 Å². The van der Waals surface area contributed by atoms with Gasteiger partial charge in [0.15, 0.2) is 0 Å². The molecular weight excluding hydrogens is 415 g/mol. The summed E-state index contributed by atoms with van der Waals surface area (Å²) in [6.45, 7) is 2.67. The first-order valence-corrected chi connectivity index (χ1v) is 11.4. The van der Waals surface area contributed by atoms with Gasteiger partial charge in [0.1, 0.15) is 5.82 Å². The van der Waals surface area contributed by atoms with Crippen molar-refractivity contribution < 1.29 is 13.4 Å². The summed E-state index contributed by atoms with van der Waals surface area (Å²) in [5.41, 5.74) is 13.5. The Morgan fingerprint density at radius 1 is 1.23 bits per heavy atom. The second kappa shape index (κ2) is 10.2. The van der Waals surface area contributed by atoms with Crippen molar-refractivity contribution in [1.29, 1.82) is 0 Å². The summed E-state index contributed by atoms with van der Waals surface area (Å²) in [6.07, 6.45) is 4.33. The lowest BCUT2D eigenvalue weighted by molar-refractivity contribution is -0.120. The molecule has 0 saturated carbocycles. The van der Waals surface area contributed by atoms with Crippen LogP contribution in [0.1, 0.15) is 36.5 Å². The molecule has 0 saturated heterocycles. The highest BCUT2D eigenvalue weighted by Gasteiger charge is 2.25. The zero-order chi connectivity index (χ0) is 22.4. The number of azide groups is 1. The van der Waals surface area contributed by atoms with Crippen molar-refractivity contribution in [3.05, 3.63) is 81.0 Å². The molecule has 0 bridgehead atoms. The number of halogens is 1. The molecule has 1 unspecified atom stereocenters. The summed E-state index contributed by atoms with van der Waals surface area (Å²) < 4.78 is 25.6. The highest BCUT2D eigenvalue weighted by molar-refractivity contribution is 7.84. The Labute approximate surface area is 183 Å². The maximum atomic E-state index is 14.0. The van der Waals surface area contributed by atoms with Crippen LogP contribution in [0, 0.1) is 5.82 Å². The van der Waals surface area contributed by atoms with Crippen LogP contribution in [-0.2, 0) is 15.6 Å². The van der Waals surface area contributed by atoms with Crippen molar-refractivity contribution in [1.82, 2.24) is 5.32 Å². The van der Waals surface area contributed by atoms with E-state index in [2.05, 4.69) is 15.3 Å². The summed E-state index contributed by atoms with van der Waals surface area (Å²) in [5.74, 6) is -0.517. The fourth-order valence-corrected chi connectivity index (χ4v) is 4.07. The van der Waals surface area contributed by atoms with Crippen LogP contribution in [0.2, 0.25) is 0 Å². The zero-order valence-electron chi connectivity index (χ0n) is 17.4. The average molecular weight is 439 g/mol. The first-order valence-electron chi connectivity index (χ1n) is 9.84. The van der Waals surface area contributed by atoms with Gasteiger partial charge in [-0.05, 0) is 82.6 Å². The highest BCUT2D eigenvalue weighted by atomic mass is 32.2. The molecule has 0 fully saturated rings. The largest absolute Gasteiger partial charge is 0.356 e. The van der Waals surface area contributed by atoms with Gasteiger partial charge in [0.2, 0.25) is 5.91 Å². The normalized spacial score (nSPS) is 14.9. The molecule has 0 aliphatic heterocycles. The number of carbonyl (C=O) groups excluding carboxylic acids is 1. The Kier molecular flexibility index (Phi) is 7.39. The van der Waals surface area contributed by atoms with E-state index in [0.717, 1.165) is 38.3 Å². The van der Waals surface area contributed by atoms with Crippen LogP contribution in [0.15, 0.2) is 58.0 Å². The lowest BCUT2D eigenvalue weighted by Gasteiger charge is -2.08. The molecule has 160 valence electrons. The lowest BCUT2D eigenvalue weighted by atomic mass is 10.0. The summed E-state index contributed by atoms with van der Waals surface area (Å²) >= 11 is 0. The molecule has 1 atom stereocenters. The predicted octanol–water partition coefficient (Wildman–Crippen LogP) is 5.10. The first-order chi connectivity index (χ1) is 14.9. The quantitative estimate of drug-likeness (QED) is 0.269. The zero-order valence-corrected chi connectivity index (χ0v) is 18.2. The van der Waals surface area contributed by atoms with E-state index in [1.807, 2.05) is 37.3 Å². The SMILES string of the molecule is CC1=C(CC(=O)NCCCN=[N+]=[N-])c2cc(F)ccc2C1=Cc1ccc(S(C)=O)cc1. The third-order valence-corrected chi connectivity index (χ3v) is 6.07. The Bertz CT molecular complexity index is 1130. The fourth-order valence-electron chi connectivity index (χ4n) is 3.55. The van der Waals surface area contributed by atoms with Crippen LogP contribution in [0.25, 0.3) is 27.7 Å². The topological polar surface area (TPSA) is 94.9 Å². The molecule has 1 N–H and O–H groups in total. The Morgan fingerprint density at radius 2 is 1.97 bits per heavy atom. The van der Waals surface area contributed by atoms with E-state index in [4.69, 9.17) is 5.53 Å². The maximum absolute atomic E-state index is 14.0. The van der Waals surface area contributed by atoms with Crippen LogP contribution < -0.4 is 5.32 Å². The minimum absolute atomic E-state index is 0.134. The molecule has 0 aromatic heterocycles. The Hall–Kier alpha value is -3.22. The van der Waals surface area contributed by atoms with Crippen LogP contribution in [-0.4, -0.2) is 29.5 Å². The summed E-state index contributed by atoms with van der Waals surface area (Å²) in [5, 5.41) is 6.26. The average Bonchev–Trinajstić information content (AvgIpc) is 2.99. The first kappa shape index (κ1) is 22.5. The highest BCUT2D eigenvalue weighted by Crippen LogP contribution is 2.43. The molecular formula is C23H23FN4O2S. The van der Waals surface area contributed by atoms with Gasteiger partial charge < -0.3 is 5.32 Å². The van der Waals surface area contributed by atoms with Crippen molar-refractivity contribution in [2.45, 2.75) is 24.7 Å². The van der Waals surface area contributed by atoms with E-state index in [9.17, 15) is 13.4 Å². The lowest BCUT2D eigenvalue weighted by Crippen LogP contribution is -2.24. The maximum Gasteiger partial charge on any atom is 0.224 e. The number of rotatable bonds is 8. The van der Waals surface area contributed by atoms with Gasteiger partial charge in [-0.1, -0.05) is 23.3 Å². The van der Waals surface area contributed by atoms with Crippen molar-refractivity contribution in [3.63, 3.8) is 0 Å². The number of fused-ring (bicyclic) bond motifs is 1. The molecule has 1 aliphatic rings. The molecule has 8 heteroatoms. The van der Waals surface area contributed by atoms with E-state index in [0.29, 0.717) is 19.5 Å². The summed E-state index contributed by atoms with van der Waals surface area (Å²) in [6, 6.07) is 12.1. The number of nitrogens with one attached hydrogen (secondary N) is 1. The number of carbonyl (C=O) groups is 1. The molecule has 2 aromatic carbocycles. The predicted molar refractivity (Wildman–Crippen MR) is 122 cm³/mol. The van der Waals surface area contributed by atoms with E-state index in [-0.39, 0.29) is 18.1 Å². The van der Waals surface area contributed by atoms with E-state index < -0.39 is 10.8 Å². The second-order valence-corrected chi connectivity index (χ2v) is 8.59. The summed E-state index contributed by atoms with van der Waals surface area (Å²) in [7, 11) is -1.04.